The highest BCUT2D eigenvalue weighted by molar-refractivity contribution is 7.16. The first-order valence-corrected chi connectivity index (χ1v) is 9.27. The van der Waals surface area contributed by atoms with E-state index in [4.69, 9.17) is 9.15 Å². The first-order valence-electron chi connectivity index (χ1n) is 8.45. The number of thiophene rings is 1. The second-order valence-electron chi connectivity index (χ2n) is 6.40. The molecule has 6 nitrogen and oxygen atoms in total. The monoisotopic (exact) mass is 370 g/mol. The molecule has 0 spiro atoms. The summed E-state index contributed by atoms with van der Waals surface area (Å²) in [5.74, 6) is -0.103. The normalized spacial score (nSPS) is 13.8. The third-order valence-electron chi connectivity index (χ3n) is 4.44. The number of ether oxygens (including phenoxy) is 1. The Bertz CT molecular complexity index is 967. The van der Waals surface area contributed by atoms with E-state index in [1.807, 2.05) is 38.1 Å². The Kier molecular flexibility index (Phi) is 4.24. The maximum Gasteiger partial charge on any atom is 0.341 e. The van der Waals surface area contributed by atoms with Gasteiger partial charge in [0.15, 0.2) is 12.2 Å². The molecule has 1 aliphatic carbocycles. The van der Waals surface area contributed by atoms with Crippen molar-refractivity contribution in [2.75, 3.05) is 5.32 Å². The number of amides is 1. The van der Waals surface area contributed by atoms with Crippen LogP contribution in [0.1, 0.15) is 39.5 Å². The highest BCUT2D eigenvalue weighted by Crippen LogP contribution is 2.36. The van der Waals surface area contributed by atoms with Crippen LogP contribution in [-0.4, -0.2) is 16.9 Å². The summed E-state index contributed by atoms with van der Waals surface area (Å²) in [6.07, 6.45) is 1.82. The van der Waals surface area contributed by atoms with Crippen molar-refractivity contribution in [3.8, 4) is 0 Å². The summed E-state index contributed by atoms with van der Waals surface area (Å²) in [6, 6.07) is 7.37. The lowest BCUT2D eigenvalue weighted by Gasteiger charge is -2.07. The molecule has 0 bridgehead atoms. The topological polar surface area (TPSA) is 81.4 Å². The molecule has 0 radical (unpaired) electrons. The van der Waals surface area contributed by atoms with Crippen LogP contribution in [0.2, 0.25) is 0 Å². The number of aryl methyl sites for hydroxylation is 1. The fourth-order valence-electron chi connectivity index (χ4n) is 2.70. The number of nitrogens with one attached hydrogen (secondary N) is 1. The van der Waals surface area contributed by atoms with E-state index in [1.165, 1.54) is 11.3 Å². The van der Waals surface area contributed by atoms with Crippen molar-refractivity contribution in [3.63, 3.8) is 0 Å². The van der Waals surface area contributed by atoms with E-state index in [-0.39, 0.29) is 18.4 Å². The van der Waals surface area contributed by atoms with Gasteiger partial charge in [-0.05, 0) is 44.4 Å². The lowest BCUT2D eigenvalue weighted by Crippen LogP contribution is -2.16. The highest BCUT2D eigenvalue weighted by atomic mass is 32.1. The largest absolute Gasteiger partial charge is 0.452 e. The standard InChI is InChI=1S/C19H18N2O4S/c1-10-11(2)26-18(21-17(22)12-7-8-12)16(10)19(23)24-9-15-20-13-5-3-4-6-14(13)25-15/h3-6,12H,7-9H2,1-2H3,(H,21,22). The average Bonchev–Trinajstić information content (AvgIpc) is 3.33. The molecular weight excluding hydrogens is 352 g/mol. The fourth-order valence-corrected chi connectivity index (χ4v) is 3.75. The van der Waals surface area contributed by atoms with E-state index in [2.05, 4.69) is 10.3 Å². The Morgan fingerprint density at radius 1 is 1.31 bits per heavy atom. The minimum atomic E-state index is -0.486. The number of benzene rings is 1. The zero-order valence-corrected chi connectivity index (χ0v) is 15.3. The van der Waals surface area contributed by atoms with Gasteiger partial charge in [-0.2, -0.15) is 0 Å². The van der Waals surface area contributed by atoms with Gasteiger partial charge in [0.25, 0.3) is 0 Å². The smallest absolute Gasteiger partial charge is 0.341 e. The van der Waals surface area contributed by atoms with Crippen molar-refractivity contribution in [2.45, 2.75) is 33.3 Å². The number of anilines is 1. The molecule has 2 aromatic heterocycles. The number of carbonyl (C=O) groups is 2. The molecular formula is C19H18N2O4S. The molecule has 4 rings (SSSR count). The Labute approximate surface area is 154 Å². The van der Waals surface area contributed by atoms with Crippen LogP contribution in [0.5, 0.6) is 0 Å². The molecule has 3 aromatic rings. The van der Waals surface area contributed by atoms with Gasteiger partial charge in [0, 0.05) is 10.8 Å². The average molecular weight is 370 g/mol. The maximum absolute atomic E-state index is 12.6. The van der Waals surface area contributed by atoms with Crippen LogP contribution in [0, 0.1) is 19.8 Å². The van der Waals surface area contributed by atoms with E-state index < -0.39 is 5.97 Å². The number of para-hydroxylation sites is 2. The Morgan fingerprint density at radius 3 is 2.81 bits per heavy atom. The summed E-state index contributed by atoms with van der Waals surface area (Å²) in [4.78, 5) is 30.0. The number of hydrogen-bond acceptors (Lipinski definition) is 6. The first kappa shape index (κ1) is 16.8. The summed E-state index contributed by atoms with van der Waals surface area (Å²) >= 11 is 1.40. The van der Waals surface area contributed by atoms with Crippen LogP contribution < -0.4 is 5.32 Å². The summed E-state index contributed by atoms with van der Waals surface area (Å²) in [5, 5.41) is 3.43. The van der Waals surface area contributed by atoms with Gasteiger partial charge in [-0.3, -0.25) is 4.79 Å². The molecule has 1 aromatic carbocycles. The molecule has 1 amide bonds. The molecule has 0 atom stereocenters. The number of rotatable bonds is 5. The third kappa shape index (κ3) is 3.22. The quantitative estimate of drug-likeness (QED) is 0.680. The first-order chi connectivity index (χ1) is 12.5. The zero-order valence-electron chi connectivity index (χ0n) is 14.5. The number of nitrogens with zero attached hydrogens (tertiary/aromatic N) is 1. The minimum Gasteiger partial charge on any atom is -0.452 e. The lowest BCUT2D eigenvalue weighted by atomic mass is 10.1. The number of esters is 1. The Morgan fingerprint density at radius 2 is 2.08 bits per heavy atom. The van der Waals surface area contributed by atoms with Crippen molar-refractivity contribution in [1.82, 2.24) is 4.98 Å². The van der Waals surface area contributed by atoms with Gasteiger partial charge in [0.2, 0.25) is 11.8 Å². The molecule has 1 fully saturated rings. The van der Waals surface area contributed by atoms with E-state index in [9.17, 15) is 9.59 Å². The highest BCUT2D eigenvalue weighted by Gasteiger charge is 2.31. The lowest BCUT2D eigenvalue weighted by molar-refractivity contribution is -0.117. The second kappa shape index (κ2) is 6.57. The number of carbonyl (C=O) groups excluding carboxylic acids is 2. The fraction of sp³-hybridized carbons (Fsp3) is 0.316. The summed E-state index contributed by atoms with van der Waals surface area (Å²) < 4.78 is 11.0. The van der Waals surface area contributed by atoms with Gasteiger partial charge in [0.1, 0.15) is 10.5 Å². The minimum absolute atomic E-state index is 0.0285. The van der Waals surface area contributed by atoms with Crippen molar-refractivity contribution >= 4 is 39.3 Å². The van der Waals surface area contributed by atoms with Crippen LogP contribution in [-0.2, 0) is 16.1 Å². The maximum atomic E-state index is 12.6. The predicted molar refractivity (Wildman–Crippen MR) is 98.3 cm³/mol. The molecule has 0 unspecified atom stereocenters. The van der Waals surface area contributed by atoms with Crippen molar-refractivity contribution in [3.05, 3.63) is 46.2 Å². The van der Waals surface area contributed by atoms with Crippen LogP contribution in [0.25, 0.3) is 11.1 Å². The van der Waals surface area contributed by atoms with E-state index >= 15 is 0 Å². The summed E-state index contributed by atoms with van der Waals surface area (Å²) in [7, 11) is 0. The van der Waals surface area contributed by atoms with Crippen LogP contribution in [0.15, 0.2) is 28.7 Å². The molecule has 2 heterocycles. The van der Waals surface area contributed by atoms with Crippen molar-refractivity contribution < 1.29 is 18.7 Å². The predicted octanol–water partition coefficient (Wildman–Crippen LogP) is 4.21. The van der Waals surface area contributed by atoms with Crippen LogP contribution in [0.3, 0.4) is 0 Å². The van der Waals surface area contributed by atoms with Gasteiger partial charge in [0.05, 0.1) is 5.56 Å². The Hall–Kier alpha value is -2.67. The number of hydrogen-bond donors (Lipinski definition) is 1. The molecule has 1 saturated carbocycles. The van der Waals surface area contributed by atoms with Crippen LogP contribution >= 0.6 is 11.3 Å². The van der Waals surface area contributed by atoms with Gasteiger partial charge in [-0.25, -0.2) is 9.78 Å². The van der Waals surface area contributed by atoms with Crippen molar-refractivity contribution in [1.29, 1.82) is 0 Å². The van der Waals surface area contributed by atoms with Gasteiger partial charge in [-0.15, -0.1) is 11.3 Å². The number of fused-ring (bicyclic) bond motifs is 1. The van der Waals surface area contributed by atoms with Crippen LogP contribution in [0.4, 0.5) is 5.00 Å². The van der Waals surface area contributed by atoms with Gasteiger partial charge >= 0.3 is 5.97 Å². The molecule has 134 valence electrons. The van der Waals surface area contributed by atoms with E-state index in [1.54, 1.807) is 0 Å². The second-order valence-corrected chi connectivity index (χ2v) is 7.63. The molecule has 1 N–H and O–H groups in total. The van der Waals surface area contributed by atoms with Crippen molar-refractivity contribution in [2.24, 2.45) is 5.92 Å². The number of aromatic nitrogens is 1. The summed E-state index contributed by atoms with van der Waals surface area (Å²) in [6.45, 7) is 3.72. The van der Waals surface area contributed by atoms with Gasteiger partial charge in [-0.1, -0.05) is 12.1 Å². The molecule has 0 aliphatic heterocycles. The molecule has 1 aliphatic rings. The molecule has 26 heavy (non-hydrogen) atoms. The third-order valence-corrected chi connectivity index (χ3v) is 5.56. The van der Waals surface area contributed by atoms with E-state index in [0.717, 1.165) is 28.8 Å². The SMILES string of the molecule is Cc1sc(NC(=O)C2CC2)c(C(=O)OCc2nc3ccccc3o2)c1C. The summed E-state index contributed by atoms with van der Waals surface area (Å²) in [5.41, 5.74) is 2.61. The Balaban J connectivity index is 1.50. The zero-order chi connectivity index (χ0) is 18.3. The van der Waals surface area contributed by atoms with E-state index in [0.29, 0.717) is 22.0 Å². The molecule has 7 heteroatoms. The van der Waals surface area contributed by atoms with Gasteiger partial charge < -0.3 is 14.5 Å². The number of oxazole rings is 1. The molecule has 0 saturated heterocycles.